The predicted octanol–water partition coefficient (Wildman–Crippen LogP) is 11.9. The van der Waals surface area contributed by atoms with E-state index in [1.54, 1.807) is 6.26 Å². The Kier molecular flexibility index (Phi) is 31.5. The van der Waals surface area contributed by atoms with Gasteiger partial charge in [-0.3, -0.25) is 13.8 Å². The lowest BCUT2D eigenvalue weighted by Crippen LogP contribution is -2.37. The van der Waals surface area contributed by atoms with Crippen LogP contribution in [0.5, 0.6) is 0 Å². The summed E-state index contributed by atoms with van der Waals surface area (Å²) in [5, 5.41) is 0. The molecule has 1 aliphatic rings. The van der Waals surface area contributed by atoms with E-state index in [1.165, 1.54) is 89.9 Å². The van der Waals surface area contributed by atoms with Crippen molar-refractivity contribution >= 4 is 13.8 Å². The number of allylic oxidation sites excluding steroid dienone is 4. The van der Waals surface area contributed by atoms with Crippen LogP contribution in [-0.4, -0.2) is 81.2 Å². The molecule has 1 heterocycles. The van der Waals surface area contributed by atoms with Gasteiger partial charge in [0.15, 0.2) is 6.10 Å². The first-order valence-corrected chi connectivity index (χ1v) is 23.4. The number of carbonyl (C=O) groups is 1. The molecule has 0 radical (unpaired) electrons. The molecule has 1 saturated heterocycles. The van der Waals surface area contributed by atoms with Gasteiger partial charge in [-0.2, -0.15) is 0 Å². The minimum atomic E-state index is -4.30. The number of hydrogen-bond donors (Lipinski definition) is 1. The van der Waals surface area contributed by atoms with E-state index in [2.05, 4.69) is 38.2 Å². The van der Waals surface area contributed by atoms with Gasteiger partial charge in [0.2, 0.25) is 0 Å². The SMILES string of the molecule is CCCCCCCC/C=C\CCCCCC/C=C/OC[C@H](COP(=O)(O)OCC[N+](C)(C)C)OC(=O)CCCCCCC/C=C\CC1OC1CCCCC. The first-order chi connectivity index (χ1) is 26.1. The van der Waals surface area contributed by atoms with Crippen LogP contribution in [0.25, 0.3) is 0 Å². The second kappa shape index (κ2) is 33.6. The molecule has 1 fully saturated rings. The third-order valence-electron chi connectivity index (χ3n) is 9.66. The highest BCUT2D eigenvalue weighted by Crippen LogP contribution is 2.43. The van der Waals surface area contributed by atoms with Crippen molar-refractivity contribution in [2.45, 2.75) is 193 Å². The van der Waals surface area contributed by atoms with E-state index in [4.69, 9.17) is 23.3 Å². The summed E-state index contributed by atoms with van der Waals surface area (Å²) in [5.41, 5.74) is 0. The normalized spacial score (nSPS) is 17.8. The molecule has 0 amide bonds. The Morgan fingerprint density at radius 1 is 0.685 bits per heavy atom. The highest BCUT2D eigenvalue weighted by molar-refractivity contribution is 7.47. The van der Waals surface area contributed by atoms with Gasteiger partial charge in [0.1, 0.15) is 19.8 Å². The standard InChI is InChI=1S/C44H82NO8P/c1-6-8-10-11-12-13-14-15-16-17-18-19-22-25-28-32-37-49-39-41(40-51-54(47,48)50-38-36-45(3,4)5)52-44(46)35-31-27-24-21-20-23-26-30-34-43-42(53-43)33-29-9-7-2/h15-16,26,30,32,37,41-43H,6-14,17-25,27-29,31,33-36,38-40H2,1-5H3/p+1/b16-15-,30-26-,37-32+/t41-,42?,43?/m1/s1. The van der Waals surface area contributed by atoms with E-state index in [0.29, 0.717) is 29.7 Å². The number of nitrogens with zero attached hydrogens (tertiary/aromatic N) is 1. The first kappa shape index (κ1) is 50.5. The Labute approximate surface area is 331 Å². The Morgan fingerprint density at radius 3 is 1.83 bits per heavy atom. The first-order valence-electron chi connectivity index (χ1n) is 21.9. The van der Waals surface area contributed by atoms with Crippen molar-refractivity contribution in [3.8, 4) is 0 Å². The molecular weight excluding hydrogens is 701 g/mol. The number of hydrogen-bond acceptors (Lipinski definition) is 7. The summed E-state index contributed by atoms with van der Waals surface area (Å²) in [6, 6.07) is 0. The van der Waals surface area contributed by atoms with Crippen molar-refractivity contribution in [1.82, 2.24) is 0 Å². The minimum absolute atomic E-state index is 0.0338. The van der Waals surface area contributed by atoms with Gasteiger partial charge in [0.25, 0.3) is 0 Å². The predicted molar refractivity (Wildman–Crippen MR) is 223 cm³/mol. The van der Waals surface area contributed by atoms with Crippen molar-refractivity contribution in [2.75, 3.05) is 47.5 Å². The molecule has 4 atom stereocenters. The van der Waals surface area contributed by atoms with Crippen molar-refractivity contribution in [3.63, 3.8) is 0 Å². The fourth-order valence-electron chi connectivity index (χ4n) is 6.11. The third-order valence-corrected chi connectivity index (χ3v) is 10.6. The number of ether oxygens (including phenoxy) is 3. The molecule has 1 aliphatic heterocycles. The summed E-state index contributed by atoms with van der Waals surface area (Å²) < 4.78 is 40.5. The number of esters is 1. The van der Waals surface area contributed by atoms with Gasteiger partial charge in [0, 0.05) is 6.42 Å². The van der Waals surface area contributed by atoms with Crippen molar-refractivity contribution in [2.24, 2.45) is 0 Å². The molecule has 9 nitrogen and oxygen atoms in total. The lowest BCUT2D eigenvalue weighted by molar-refractivity contribution is -0.870. The molecule has 0 spiro atoms. The summed E-state index contributed by atoms with van der Waals surface area (Å²) >= 11 is 0. The quantitative estimate of drug-likeness (QED) is 0.0125. The number of rotatable bonds is 39. The van der Waals surface area contributed by atoms with Crippen LogP contribution in [0.15, 0.2) is 36.6 Å². The van der Waals surface area contributed by atoms with Gasteiger partial charge in [-0.25, -0.2) is 4.57 Å². The zero-order valence-electron chi connectivity index (χ0n) is 35.4. The molecule has 316 valence electrons. The van der Waals surface area contributed by atoms with Crippen LogP contribution in [0.1, 0.15) is 174 Å². The van der Waals surface area contributed by atoms with E-state index in [1.807, 2.05) is 27.2 Å². The zero-order valence-corrected chi connectivity index (χ0v) is 36.3. The summed E-state index contributed by atoms with van der Waals surface area (Å²) in [6.45, 7) is 4.86. The second-order valence-electron chi connectivity index (χ2n) is 16.2. The molecule has 3 unspecified atom stereocenters. The highest BCUT2D eigenvalue weighted by Gasteiger charge is 2.36. The van der Waals surface area contributed by atoms with E-state index in [0.717, 1.165) is 64.2 Å². The van der Waals surface area contributed by atoms with E-state index in [9.17, 15) is 14.3 Å². The van der Waals surface area contributed by atoms with E-state index in [-0.39, 0.29) is 25.8 Å². The van der Waals surface area contributed by atoms with Crippen LogP contribution in [0.3, 0.4) is 0 Å². The van der Waals surface area contributed by atoms with Gasteiger partial charge in [-0.1, -0.05) is 122 Å². The summed E-state index contributed by atoms with van der Waals surface area (Å²) in [7, 11) is 1.61. The van der Waals surface area contributed by atoms with Gasteiger partial charge in [-0.05, 0) is 76.7 Å². The molecule has 0 aromatic carbocycles. The van der Waals surface area contributed by atoms with E-state index >= 15 is 0 Å². The van der Waals surface area contributed by atoms with Crippen molar-refractivity contribution in [3.05, 3.63) is 36.6 Å². The average Bonchev–Trinajstić information content (AvgIpc) is 3.87. The fourth-order valence-corrected chi connectivity index (χ4v) is 6.85. The molecule has 54 heavy (non-hydrogen) atoms. The molecule has 1 rings (SSSR count). The number of likely N-dealkylation sites (N-methyl/N-ethyl adjacent to an activating group) is 1. The van der Waals surface area contributed by atoms with Crippen molar-refractivity contribution in [1.29, 1.82) is 0 Å². The fraction of sp³-hybridized carbons (Fsp3) is 0.841. The molecule has 0 saturated carbocycles. The lowest BCUT2D eigenvalue weighted by Gasteiger charge is -2.24. The molecule has 0 aliphatic carbocycles. The van der Waals surface area contributed by atoms with Crippen LogP contribution in [-0.2, 0) is 32.6 Å². The molecule has 0 aromatic rings. The van der Waals surface area contributed by atoms with E-state index < -0.39 is 13.9 Å². The Morgan fingerprint density at radius 2 is 1.22 bits per heavy atom. The third kappa shape index (κ3) is 33.8. The molecule has 1 N–H and O–H groups in total. The maximum atomic E-state index is 12.7. The maximum Gasteiger partial charge on any atom is 0.472 e. The molecular formula is C44H83NO8P+. The average molecular weight is 785 g/mol. The highest BCUT2D eigenvalue weighted by atomic mass is 31.2. The Bertz CT molecular complexity index is 1030. The van der Waals surface area contributed by atoms with Gasteiger partial charge in [0.05, 0.1) is 46.2 Å². The smallest absolute Gasteiger partial charge is 0.472 e. The summed E-state index contributed by atoms with van der Waals surface area (Å²) in [4.78, 5) is 22.9. The zero-order chi connectivity index (χ0) is 39.6. The number of phosphoric acid groups is 1. The topological polar surface area (TPSA) is 104 Å². The Hall–Kier alpha value is -1.48. The molecule has 0 aromatic heterocycles. The van der Waals surface area contributed by atoms with Crippen LogP contribution >= 0.6 is 7.82 Å². The van der Waals surface area contributed by atoms with Gasteiger partial charge >= 0.3 is 13.8 Å². The van der Waals surface area contributed by atoms with Crippen LogP contribution < -0.4 is 0 Å². The lowest BCUT2D eigenvalue weighted by atomic mass is 10.1. The number of unbranched alkanes of at least 4 members (excludes halogenated alkanes) is 18. The van der Waals surface area contributed by atoms with Crippen LogP contribution in [0.4, 0.5) is 0 Å². The van der Waals surface area contributed by atoms with Crippen LogP contribution in [0.2, 0.25) is 0 Å². The largest absolute Gasteiger partial charge is 0.498 e. The summed E-state index contributed by atoms with van der Waals surface area (Å²) in [5.74, 6) is -0.356. The molecule has 0 bridgehead atoms. The molecule has 10 heteroatoms. The number of phosphoric ester groups is 1. The monoisotopic (exact) mass is 785 g/mol. The Balaban J connectivity index is 2.26. The van der Waals surface area contributed by atoms with Gasteiger partial charge < -0.3 is 23.6 Å². The number of epoxide rings is 1. The second-order valence-corrected chi connectivity index (χ2v) is 17.6. The maximum absolute atomic E-state index is 12.7. The van der Waals surface area contributed by atoms with Crippen LogP contribution in [0, 0.1) is 0 Å². The van der Waals surface area contributed by atoms with Crippen molar-refractivity contribution < 1.29 is 42.0 Å². The van der Waals surface area contributed by atoms with Gasteiger partial charge in [-0.15, -0.1) is 0 Å². The summed E-state index contributed by atoms with van der Waals surface area (Å²) in [6.07, 6.45) is 41.5. The number of quaternary nitrogens is 1. The number of carbonyl (C=O) groups excluding carboxylic acids is 1. The minimum Gasteiger partial charge on any atom is -0.498 e.